The van der Waals surface area contributed by atoms with Gasteiger partial charge >= 0.3 is 0 Å². The van der Waals surface area contributed by atoms with Gasteiger partial charge in [-0.25, -0.2) is 0 Å². The molecule has 0 amide bonds. The molecule has 0 N–H and O–H groups in total. The van der Waals surface area contributed by atoms with E-state index in [1.54, 1.807) is 0 Å². The lowest BCUT2D eigenvalue weighted by molar-refractivity contribution is 0.764. The molecule has 0 fully saturated rings. The van der Waals surface area contributed by atoms with Crippen molar-refractivity contribution in [1.82, 2.24) is 9.13 Å². The minimum atomic E-state index is 0.0346. The molecular weight excluding hydrogens is 416 g/mol. The highest BCUT2D eigenvalue weighted by Gasteiger charge is 2.19. The number of pyridine rings is 1. The van der Waals surface area contributed by atoms with Gasteiger partial charge in [0.1, 0.15) is 5.52 Å². The second kappa shape index (κ2) is 8.53. The zero-order valence-corrected chi connectivity index (χ0v) is 18.8. The van der Waals surface area contributed by atoms with E-state index < -0.39 is 0 Å². The Kier molecular flexibility index (Phi) is 5.08. The minimum Gasteiger partial charge on any atom is -0.331 e. The summed E-state index contributed by atoms with van der Waals surface area (Å²) >= 11 is 0. The molecule has 0 aliphatic heterocycles. The number of benzene rings is 4. The first-order valence-electron chi connectivity index (χ1n) is 11.6. The van der Waals surface area contributed by atoms with Gasteiger partial charge in [-0.15, -0.1) is 0 Å². The van der Waals surface area contributed by atoms with Gasteiger partial charge in [0.15, 0.2) is 0 Å². The van der Waals surface area contributed by atoms with Crippen LogP contribution >= 0.6 is 0 Å². The van der Waals surface area contributed by atoms with E-state index in [1.807, 2.05) is 71.3 Å². The van der Waals surface area contributed by atoms with Gasteiger partial charge in [-0.2, -0.15) is 0 Å². The quantitative estimate of drug-likeness (QED) is 0.292. The molecule has 164 valence electrons. The topological polar surface area (TPSA) is 26.9 Å². The fourth-order valence-electron chi connectivity index (χ4n) is 4.86. The molecule has 3 nitrogen and oxygen atoms in total. The van der Waals surface area contributed by atoms with Crippen LogP contribution in [0.2, 0.25) is 0 Å². The van der Waals surface area contributed by atoms with Crippen LogP contribution in [0.1, 0.15) is 11.1 Å². The number of rotatable bonds is 5. The third-order valence-electron chi connectivity index (χ3n) is 6.47. The average Bonchev–Trinajstić information content (AvgIpc) is 3.21. The van der Waals surface area contributed by atoms with Gasteiger partial charge in [0, 0.05) is 22.8 Å². The molecule has 2 aromatic heterocycles. The van der Waals surface area contributed by atoms with Gasteiger partial charge in [-0.1, -0.05) is 109 Å². The predicted octanol–water partition coefficient (Wildman–Crippen LogP) is 6.72. The van der Waals surface area contributed by atoms with Crippen LogP contribution in [0.5, 0.6) is 0 Å². The molecule has 0 radical (unpaired) electrons. The van der Waals surface area contributed by atoms with Crippen molar-refractivity contribution >= 4 is 21.8 Å². The summed E-state index contributed by atoms with van der Waals surface area (Å²) < 4.78 is 4.10. The first-order valence-corrected chi connectivity index (χ1v) is 11.6. The van der Waals surface area contributed by atoms with E-state index in [9.17, 15) is 4.79 Å². The van der Waals surface area contributed by atoms with Crippen molar-refractivity contribution in [3.8, 4) is 11.3 Å². The zero-order chi connectivity index (χ0) is 22.9. The van der Waals surface area contributed by atoms with Crippen LogP contribution in [-0.4, -0.2) is 9.13 Å². The number of hydrogen-bond acceptors (Lipinski definition) is 1. The van der Waals surface area contributed by atoms with Crippen LogP contribution in [0.4, 0.5) is 0 Å². The number of fused-ring (bicyclic) bond motifs is 3. The van der Waals surface area contributed by atoms with Crippen LogP contribution in [-0.2, 0) is 13.1 Å². The van der Waals surface area contributed by atoms with Gasteiger partial charge in [0.2, 0.25) is 0 Å². The van der Waals surface area contributed by atoms with Gasteiger partial charge in [-0.3, -0.25) is 4.79 Å². The van der Waals surface area contributed by atoms with Crippen molar-refractivity contribution in [3.05, 3.63) is 143 Å². The molecule has 34 heavy (non-hydrogen) atoms. The van der Waals surface area contributed by atoms with E-state index in [1.165, 1.54) is 5.56 Å². The molecule has 0 spiro atoms. The van der Waals surface area contributed by atoms with Crippen molar-refractivity contribution < 1.29 is 0 Å². The Bertz CT molecular complexity index is 1650. The van der Waals surface area contributed by atoms with E-state index in [4.69, 9.17) is 0 Å². The Morgan fingerprint density at radius 3 is 1.71 bits per heavy atom. The van der Waals surface area contributed by atoms with Crippen molar-refractivity contribution in [2.45, 2.75) is 13.1 Å². The van der Waals surface area contributed by atoms with E-state index in [2.05, 4.69) is 59.2 Å². The maximum absolute atomic E-state index is 14.2. The maximum Gasteiger partial charge on any atom is 0.275 e. The smallest absolute Gasteiger partial charge is 0.275 e. The molecule has 0 aliphatic carbocycles. The SMILES string of the molecule is O=c1c2c(cc(-c3ccccc3)n1Cc1ccccc1)c1ccccc1n2Cc1ccccc1. The molecular formula is C31H24N2O. The molecule has 2 heterocycles. The Balaban J connectivity index is 1.68. The zero-order valence-electron chi connectivity index (χ0n) is 18.8. The van der Waals surface area contributed by atoms with Gasteiger partial charge in [-0.05, 0) is 28.8 Å². The summed E-state index contributed by atoms with van der Waals surface area (Å²) in [4.78, 5) is 14.2. The number of para-hydroxylation sites is 1. The summed E-state index contributed by atoms with van der Waals surface area (Å²) in [5, 5.41) is 2.11. The molecule has 4 aromatic carbocycles. The molecule has 0 aliphatic rings. The molecule has 6 aromatic rings. The highest BCUT2D eigenvalue weighted by molar-refractivity contribution is 6.08. The largest absolute Gasteiger partial charge is 0.331 e. The molecule has 0 saturated heterocycles. The van der Waals surface area contributed by atoms with Crippen LogP contribution in [0.3, 0.4) is 0 Å². The highest BCUT2D eigenvalue weighted by Crippen LogP contribution is 2.31. The molecule has 3 heteroatoms. The summed E-state index contributed by atoms with van der Waals surface area (Å²) in [5.41, 5.74) is 6.11. The lowest BCUT2D eigenvalue weighted by atomic mass is 10.1. The summed E-state index contributed by atoms with van der Waals surface area (Å²) in [5.74, 6) is 0. The van der Waals surface area contributed by atoms with Crippen LogP contribution in [0, 0.1) is 0 Å². The van der Waals surface area contributed by atoms with Crippen molar-refractivity contribution in [1.29, 1.82) is 0 Å². The van der Waals surface area contributed by atoms with E-state index >= 15 is 0 Å². The fraction of sp³-hybridized carbons (Fsp3) is 0.0645. The van der Waals surface area contributed by atoms with Crippen molar-refractivity contribution in [3.63, 3.8) is 0 Å². The fourth-order valence-corrected chi connectivity index (χ4v) is 4.86. The van der Waals surface area contributed by atoms with Gasteiger partial charge in [0.05, 0.1) is 12.2 Å². The molecule has 6 rings (SSSR count). The first kappa shape index (κ1) is 20.3. The average molecular weight is 441 g/mol. The second-order valence-electron chi connectivity index (χ2n) is 8.62. The number of aromatic nitrogens is 2. The third kappa shape index (κ3) is 3.52. The molecule has 0 bridgehead atoms. The summed E-state index contributed by atoms with van der Waals surface area (Å²) in [7, 11) is 0. The number of hydrogen-bond donors (Lipinski definition) is 0. The van der Waals surface area contributed by atoms with E-state index in [0.29, 0.717) is 13.1 Å². The van der Waals surface area contributed by atoms with Gasteiger partial charge in [0.25, 0.3) is 5.56 Å². The van der Waals surface area contributed by atoms with Gasteiger partial charge < -0.3 is 9.13 Å². The van der Waals surface area contributed by atoms with E-state index in [0.717, 1.165) is 38.6 Å². The summed E-state index contributed by atoms with van der Waals surface area (Å²) in [6.07, 6.45) is 0. The van der Waals surface area contributed by atoms with Crippen LogP contribution in [0.25, 0.3) is 33.1 Å². The molecule has 0 unspecified atom stereocenters. The summed E-state index contributed by atoms with van der Waals surface area (Å²) in [6.45, 7) is 1.17. The molecule has 0 saturated carbocycles. The molecule has 0 atom stereocenters. The minimum absolute atomic E-state index is 0.0346. The Labute approximate surface area is 198 Å². The maximum atomic E-state index is 14.2. The Morgan fingerprint density at radius 2 is 1.06 bits per heavy atom. The standard InChI is InChI=1S/C31H24N2O/c34-31-30-27(26-18-10-11-19-28(26)32(30)21-23-12-4-1-5-13-23)20-29(25-16-8-3-9-17-25)33(31)22-24-14-6-2-7-15-24/h1-20H,21-22H2. The van der Waals surface area contributed by atoms with Crippen LogP contribution < -0.4 is 5.56 Å². The Morgan fingerprint density at radius 1 is 0.529 bits per heavy atom. The van der Waals surface area contributed by atoms with Crippen LogP contribution in [0.15, 0.2) is 126 Å². The third-order valence-corrected chi connectivity index (χ3v) is 6.47. The lowest BCUT2D eigenvalue weighted by Crippen LogP contribution is -2.24. The van der Waals surface area contributed by atoms with E-state index in [-0.39, 0.29) is 5.56 Å². The summed E-state index contributed by atoms with van der Waals surface area (Å²) in [6, 6.07) is 41.3. The number of nitrogens with zero attached hydrogens (tertiary/aromatic N) is 2. The highest BCUT2D eigenvalue weighted by atomic mass is 16.1. The monoisotopic (exact) mass is 440 g/mol. The van der Waals surface area contributed by atoms with Crippen molar-refractivity contribution in [2.75, 3.05) is 0 Å². The normalized spacial score (nSPS) is 11.3. The van der Waals surface area contributed by atoms with Crippen molar-refractivity contribution in [2.24, 2.45) is 0 Å². The lowest BCUT2D eigenvalue weighted by Gasteiger charge is -2.15. The first-order chi connectivity index (χ1) is 16.8. The Hall–Kier alpha value is -4.37. The second-order valence-corrected chi connectivity index (χ2v) is 8.62. The predicted molar refractivity (Wildman–Crippen MR) is 140 cm³/mol.